The Bertz CT molecular complexity index is 1350. The number of nitrogens with one attached hydrogen (secondary N) is 1. The van der Waals surface area contributed by atoms with E-state index in [4.69, 9.17) is 22.1 Å². The molecule has 0 fully saturated rings. The molecule has 0 amide bonds. The molecule has 4 rings (SSSR count). The number of hydrogen-bond donors (Lipinski definition) is 2. The van der Waals surface area contributed by atoms with E-state index < -0.39 is 5.82 Å². The van der Waals surface area contributed by atoms with Gasteiger partial charge in [-0.2, -0.15) is 4.99 Å². The van der Waals surface area contributed by atoms with Crippen LogP contribution in [-0.4, -0.2) is 32.6 Å². The van der Waals surface area contributed by atoms with Crippen LogP contribution in [0.25, 0.3) is 16.9 Å². The second kappa shape index (κ2) is 9.25. The first-order valence-corrected chi connectivity index (χ1v) is 10.3. The molecule has 0 radical (unpaired) electrons. The highest BCUT2D eigenvalue weighted by molar-refractivity contribution is 6.31. The Morgan fingerprint density at radius 1 is 1.12 bits per heavy atom. The molecule has 0 saturated heterocycles. The molecule has 0 spiro atoms. The fourth-order valence-corrected chi connectivity index (χ4v) is 3.39. The summed E-state index contributed by atoms with van der Waals surface area (Å²) < 4.78 is 20.9. The van der Waals surface area contributed by atoms with E-state index in [1.165, 1.54) is 12.1 Å². The minimum atomic E-state index is -0.498. The van der Waals surface area contributed by atoms with Gasteiger partial charge in [0.15, 0.2) is 0 Å². The quantitative estimate of drug-likeness (QED) is 0.324. The first-order chi connectivity index (χ1) is 15.8. The first-order valence-electron chi connectivity index (χ1n) is 9.93. The Morgan fingerprint density at radius 3 is 2.64 bits per heavy atom. The van der Waals surface area contributed by atoms with E-state index >= 15 is 0 Å². The van der Waals surface area contributed by atoms with Crippen LogP contribution in [0, 0.1) is 19.7 Å². The van der Waals surface area contributed by atoms with Gasteiger partial charge in [0.25, 0.3) is 5.95 Å². The maximum atomic E-state index is 13.5. The van der Waals surface area contributed by atoms with Gasteiger partial charge in [0.2, 0.25) is 5.96 Å². The van der Waals surface area contributed by atoms with Crippen LogP contribution in [0.4, 0.5) is 16.0 Å². The van der Waals surface area contributed by atoms with Gasteiger partial charge in [0.05, 0.1) is 35.5 Å². The third kappa shape index (κ3) is 5.09. The van der Waals surface area contributed by atoms with Gasteiger partial charge >= 0.3 is 0 Å². The maximum Gasteiger partial charge on any atom is 0.253 e. The number of hydrogen-bond acceptors (Lipinski definition) is 5. The zero-order valence-electron chi connectivity index (χ0n) is 18.2. The summed E-state index contributed by atoms with van der Waals surface area (Å²) in [6.45, 7) is 3.72. The molecule has 8 nitrogen and oxygen atoms in total. The Labute approximate surface area is 195 Å². The number of anilines is 1. The second-order valence-electron chi connectivity index (χ2n) is 7.25. The van der Waals surface area contributed by atoms with E-state index in [1.807, 2.05) is 29.8 Å². The van der Waals surface area contributed by atoms with Crippen molar-refractivity contribution >= 4 is 29.2 Å². The summed E-state index contributed by atoms with van der Waals surface area (Å²) >= 11 is 5.90. The lowest BCUT2D eigenvalue weighted by Crippen LogP contribution is -2.22. The molecule has 0 aliphatic carbocycles. The lowest BCUT2D eigenvalue weighted by atomic mass is 10.1. The molecule has 0 atom stereocenters. The number of rotatable bonds is 5. The maximum absolute atomic E-state index is 13.5. The molecular formula is C23H21ClFN7O. The summed E-state index contributed by atoms with van der Waals surface area (Å²) in [6.07, 6.45) is 3.62. The summed E-state index contributed by atoms with van der Waals surface area (Å²) in [5.74, 6) is 0.389. The minimum Gasteiger partial charge on any atom is -0.494 e. The number of benzene rings is 2. The van der Waals surface area contributed by atoms with Crippen LogP contribution in [0.2, 0.25) is 5.02 Å². The molecule has 0 bridgehead atoms. The van der Waals surface area contributed by atoms with Gasteiger partial charge in [-0.15, -0.1) is 0 Å². The number of nitrogens with zero attached hydrogens (tertiary/aromatic N) is 5. The van der Waals surface area contributed by atoms with E-state index in [-0.39, 0.29) is 16.9 Å². The van der Waals surface area contributed by atoms with Gasteiger partial charge in [-0.25, -0.2) is 19.3 Å². The summed E-state index contributed by atoms with van der Waals surface area (Å²) in [5.41, 5.74) is 10.4. The lowest BCUT2D eigenvalue weighted by molar-refractivity contribution is 0.413. The molecule has 2 aromatic heterocycles. The van der Waals surface area contributed by atoms with Crippen molar-refractivity contribution in [3.8, 4) is 22.7 Å². The average molecular weight is 466 g/mol. The number of aliphatic imine (C=N–C) groups is 1. The molecule has 168 valence electrons. The molecule has 0 saturated carbocycles. The molecule has 33 heavy (non-hydrogen) atoms. The highest BCUT2D eigenvalue weighted by Crippen LogP contribution is 2.27. The molecule has 4 aromatic rings. The van der Waals surface area contributed by atoms with E-state index in [2.05, 4.69) is 25.3 Å². The molecule has 3 N–H and O–H groups in total. The molecule has 0 aliphatic heterocycles. The molecule has 2 heterocycles. The van der Waals surface area contributed by atoms with Crippen molar-refractivity contribution in [2.75, 3.05) is 12.4 Å². The fraction of sp³-hybridized carbons (Fsp3) is 0.130. The largest absolute Gasteiger partial charge is 0.494 e. The second-order valence-corrected chi connectivity index (χ2v) is 7.66. The van der Waals surface area contributed by atoms with Crippen LogP contribution in [0.1, 0.15) is 11.4 Å². The molecule has 0 unspecified atom stereocenters. The highest BCUT2D eigenvalue weighted by atomic mass is 35.5. The zero-order chi connectivity index (χ0) is 23.5. The molecular weight excluding hydrogens is 445 g/mol. The van der Waals surface area contributed by atoms with E-state index in [0.29, 0.717) is 28.4 Å². The predicted molar refractivity (Wildman–Crippen MR) is 127 cm³/mol. The first kappa shape index (κ1) is 22.2. The molecule has 0 aliphatic rings. The smallest absolute Gasteiger partial charge is 0.253 e. The topological polar surface area (TPSA) is 103 Å². The van der Waals surface area contributed by atoms with Crippen LogP contribution in [-0.2, 0) is 0 Å². The van der Waals surface area contributed by atoms with Crippen molar-refractivity contribution in [1.82, 2.24) is 19.5 Å². The lowest BCUT2D eigenvalue weighted by Gasteiger charge is -2.12. The molecule has 10 heteroatoms. The van der Waals surface area contributed by atoms with Crippen molar-refractivity contribution < 1.29 is 9.13 Å². The normalized spacial score (nSPS) is 11.5. The van der Waals surface area contributed by atoms with Crippen molar-refractivity contribution in [2.24, 2.45) is 10.7 Å². The Hall–Kier alpha value is -3.98. The van der Waals surface area contributed by atoms with Crippen LogP contribution in [0.5, 0.6) is 5.75 Å². The Kier molecular flexibility index (Phi) is 6.23. The fourth-order valence-electron chi connectivity index (χ4n) is 3.21. The van der Waals surface area contributed by atoms with Gasteiger partial charge in [0.1, 0.15) is 11.6 Å². The summed E-state index contributed by atoms with van der Waals surface area (Å²) in [7, 11) is 1.59. The number of aromatic nitrogens is 4. The van der Waals surface area contributed by atoms with Crippen molar-refractivity contribution in [2.45, 2.75) is 13.8 Å². The minimum absolute atomic E-state index is 0.0123. The zero-order valence-corrected chi connectivity index (χ0v) is 18.9. The van der Waals surface area contributed by atoms with Crippen molar-refractivity contribution in [1.29, 1.82) is 0 Å². The van der Waals surface area contributed by atoms with Gasteiger partial charge in [-0.05, 0) is 50.2 Å². The van der Waals surface area contributed by atoms with Gasteiger partial charge in [-0.3, -0.25) is 0 Å². The molecule has 2 aromatic carbocycles. The van der Waals surface area contributed by atoms with Crippen molar-refractivity contribution in [3.05, 3.63) is 77.2 Å². The monoisotopic (exact) mass is 465 g/mol. The third-order valence-corrected chi connectivity index (χ3v) is 5.01. The van der Waals surface area contributed by atoms with E-state index in [1.54, 1.807) is 38.6 Å². The van der Waals surface area contributed by atoms with Gasteiger partial charge in [-0.1, -0.05) is 11.6 Å². The number of halogens is 2. The number of ether oxygens (including phenoxy) is 1. The number of imidazole rings is 1. The number of nitrogens with two attached hydrogens (primary N) is 1. The number of guanidine groups is 1. The third-order valence-electron chi connectivity index (χ3n) is 4.72. The SMILES string of the molecule is COc1cc(N/C(N)=N/c2nc(C)cc(-c3ccc(F)c(Cl)c3)n2)ccc1-n1cnc(C)c1. The summed E-state index contributed by atoms with van der Waals surface area (Å²) in [5, 5.41) is 3.03. The Morgan fingerprint density at radius 2 is 1.94 bits per heavy atom. The standard InChI is InChI=1S/C23H21ClFN7O/c1-13-8-19(15-4-6-18(25)17(24)9-15)30-23(28-13)31-22(26)29-16-5-7-20(21(10-16)33-3)32-11-14(2)27-12-32/h4-12H,1-3H3,(H3,26,28,29,30,31). The van der Waals surface area contributed by atoms with Gasteiger partial charge < -0.3 is 20.4 Å². The van der Waals surface area contributed by atoms with Gasteiger partial charge in [0, 0.05) is 29.2 Å². The summed E-state index contributed by atoms with van der Waals surface area (Å²) in [6, 6.07) is 11.7. The Balaban J connectivity index is 1.59. The number of methoxy groups -OCH3 is 1. The van der Waals surface area contributed by atoms with Crippen LogP contribution in [0.15, 0.2) is 60.0 Å². The van der Waals surface area contributed by atoms with E-state index in [9.17, 15) is 4.39 Å². The average Bonchev–Trinajstić information content (AvgIpc) is 3.21. The predicted octanol–water partition coefficient (Wildman–Crippen LogP) is 4.81. The highest BCUT2D eigenvalue weighted by Gasteiger charge is 2.10. The summed E-state index contributed by atoms with van der Waals surface area (Å²) in [4.78, 5) is 17.2. The van der Waals surface area contributed by atoms with Crippen molar-refractivity contribution in [3.63, 3.8) is 0 Å². The van der Waals surface area contributed by atoms with Crippen LogP contribution < -0.4 is 15.8 Å². The van der Waals surface area contributed by atoms with Crippen LogP contribution in [0.3, 0.4) is 0 Å². The van der Waals surface area contributed by atoms with Crippen LogP contribution >= 0.6 is 11.6 Å². The van der Waals surface area contributed by atoms with E-state index in [0.717, 1.165) is 11.4 Å². The number of aryl methyl sites for hydroxylation is 2.